The van der Waals surface area contributed by atoms with E-state index in [0.717, 1.165) is 16.7 Å². The third kappa shape index (κ3) is 4.46. The van der Waals surface area contributed by atoms with E-state index in [4.69, 9.17) is 27.3 Å². The van der Waals surface area contributed by atoms with Crippen LogP contribution in [0.15, 0.2) is 158 Å². The Morgan fingerprint density at radius 2 is 1.09 bits per heavy atom. The highest BCUT2D eigenvalue weighted by Crippen LogP contribution is 2.36. The van der Waals surface area contributed by atoms with Gasteiger partial charge in [0.15, 0.2) is 11.6 Å². The predicted octanol–water partition coefficient (Wildman–Crippen LogP) is 9.64. The summed E-state index contributed by atoms with van der Waals surface area (Å²) in [6.07, 6.45) is 0. The molecule has 4 heteroatoms. The summed E-state index contributed by atoms with van der Waals surface area (Å²) in [7, 11) is 0. The van der Waals surface area contributed by atoms with Gasteiger partial charge in [-0.2, -0.15) is 9.97 Å². The van der Waals surface area contributed by atoms with Crippen LogP contribution in [-0.4, -0.2) is 19.5 Å². The summed E-state index contributed by atoms with van der Waals surface area (Å²) < 4.78 is 78.5. The van der Waals surface area contributed by atoms with Crippen LogP contribution >= 0.6 is 0 Å². The molecule has 8 rings (SSSR count). The van der Waals surface area contributed by atoms with Crippen LogP contribution in [0.1, 0.15) is 12.3 Å². The van der Waals surface area contributed by atoms with E-state index in [1.54, 1.807) is 22.8 Å². The molecule has 0 radical (unpaired) electrons. The molecule has 0 aliphatic rings. The van der Waals surface area contributed by atoms with Crippen molar-refractivity contribution in [3.8, 4) is 51.0 Å². The predicted molar refractivity (Wildman–Crippen MR) is 176 cm³/mol. The molecule has 0 unspecified atom stereocenters. The zero-order valence-electron chi connectivity index (χ0n) is 31.6. The molecular formula is C39H26N4. The number of aromatic nitrogens is 4. The molecule has 8 aromatic rings. The van der Waals surface area contributed by atoms with Crippen LogP contribution < -0.4 is 0 Å². The van der Waals surface area contributed by atoms with Crippen LogP contribution in [0.4, 0.5) is 0 Å². The molecular weight excluding hydrogens is 524 g/mol. The SMILES string of the molecule is [2H]c1c([2H])c([2H])c(-c2ccc3c(c2)c2c([2H])c([2H])c([2H])c([2H])c2n3-c2nc(-c3ccccc3)nc(-c3ccccc3-c3ccccc3)n2)c([2H])c1[2H]. The summed E-state index contributed by atoms with van der Waals surface area (Å²) in [6, 6.07) is 28.0. The number of nitrogens with zero attached hydrogens (tertiary/aromatic N) is 4. The van der Waals surface area contributed by atoms with E-state index in [1.165, 1.54) is 0 Å². The van der Waals surface area contributed by atoms with E-state index in [0.29, 0.717) is 28.1 Å². The second kappa shape index (κ2) is 10.5. The smallest absolute Gasteiger partial charge is 0.238 e. The van der Waals surface area contributed by atoms with E-state index in [2.05, 4.69) is 0 Å². The quantitative estimate of drug-likeness (QED) is 0.211. The molecule has 0 saturated carbocycles. The largest absolute Gasteiger partial charge is 0.278 e. The Morgan fingerprint density at radius 1 is 0.442 bits per heavy atom. The van der Waals surface area contributed by atoms with Crippen molar-refractivity contribution in [2.24, 2.45) is 0 Å². The maximum atomic E-state index is 9.08. The van der Waals surface area contributed by atoms with Crippen molar-refractivity contribution < 1.29 is 12.3 Å². The zero-order chi connectivity index (χ0) is 36.4. The molecule has 0 atom stereocenters. The first-order valence-corrected chi connectivity index (χ1v) is 13.6. The molecule has 4 nitrogen and oxygen atoms in total. The van der Waals surface area contributed by atoms with Crippen LogP contribution in [0.2, 0.25) is 0 Å². The van der Waals surface area contributed by atoms with Gasteiger partial charge >= 0.3 is 0 Å². The highest BCUT2D eigenvalue weighted by Gasteiger charge is 2.19. The number of hydrogen-bond donors (Lipinski definition) is 0. The standard InChI is InChI=1S/C39H26N4/c1-4-14-27(15-5-1)30-24-25-36-34(26-30)32-21-12-13-23-35(32)43(36)39-41-37(29-18-8-3-9-19-29)40-38(42-39)33-22-11-10-20-31(33)28-16-6-2-7-17-28/h1-26H/i1D,4D,5D,12D,13D,14D,15D,21D,23D. The van der Waals surface area contributed by atoms with Crippen molar-refractivity contribution in [1.29, 1.82) is 0 Å². The summed E-state index contributed by atoms with van der Waals surface area (Å²) in [5.41, 5.74) is 4.06. The maximum absolute atomic E-state index is 9.08. The normalized spacial score (nSPS) is 14.2. The zero-order valence-corrected chi connectivity index (χ0v) is 22.6. The summed E-state index contributed by atoms with van der Waals surface area (Å²) in [5.74, 6) is 0.789. The minimum absolute atomic E-state index is 0.0269. The second-order valence-corrected chi connectivity index (χ2v) is 9.85. The fraction of sp³-hybridized carbons (Fsp3) is 0. The molecule has 0 fully saturated rings. The Labute approximate surface area is 262 Å². The van der Waals surface area contributed by atoms with Crippen molar-refractivity contribution in [3.05, 3.63) is 158 Å². The topological polar surface area (TPSA) is 43.6 Å². The number of hydrogen-bond acceptors (Lipinski definition) is 3. The molecule has 2 heterocycles. The van der Waals surface area contributed by atoms with E-state index < -0.39 is 30.2 Å². The molecule has 0 saturated heterocycles. The van der Waals surface area contributed by atoms with Gasteiger partial charge in [0, 0.05) is 21.9 Å². The molecule has 202 valence electrons. The fourth-order valence-corrected chi connectivity index (χ4v) is 5.33. The van der Waals surface area contributed by atoms with Crippen molar-refractivity contribution in [3.63, 3.8) is 0 Å². The van der Waals surface area contributed by atoms with E-state index in [-0.39, 0.29) is 52.1 Å². The van der Waals surface area contributed by atoms with E-state index >= 15 is 0 Å². The Hall–Kier alpha value is -5.87. The van der Waals surface area contributed by atoms with Crippen molar-refractivity contribution in [2.75, 3.05) is 0 Å². The lowest BCUT2D eigenvalue weighted by atomic mass is 9.99. The molecule has 2 aromatic heterocycles. The minimum Gasteiger partial charge on any atom is -0.278 e. The van der Waals surface area contributed by atoms with Gasteiger partial charge in [0.2, 0.25) is 5.95 Å². The molecule has 6 aromatic carbocycles. The summed E-state index contributed by atoms with van der Waals surface area (Å²) in [6.45, 7) is 0. The fourth-order valence-electron chi connectivity index (χ4n) is 5.33. The van der Waals surface area contributed by atoms with Gasteiger partial charge in [-0.05, 0) is 40.4 Å². The van der Waals surface area contributed by atoms with Gasteiger partial charge in [0.1, 0.15) is 0 Å². The first kappa shape index (κ1) is 17.2. The lowest BCUT2D eigenvalue weighted by molar-refractivity contribution is 0.953. The Bertz CT molecular complexity index is 2700. The highest BCUT2D eigenvalue weighted by molar-refractivity contribution is 6.10. The molecule has 0 amide bonds. The van der Waals surface area contributed by atoms with E-state index in [9.17, 15) is 0 Å². The lowest BCUT2D eigenvalue weighted by Crippen LogP contribution is -2.06. The van der Waals surface area contributed by atoms with Crippen LogP contribution in [0.5, 0.6) is 0 Å². The van der Waals surface area contributed by atoms with Gasteiger partial charge < -0.3 is 0 Å². The molecule has 0 aliphatic carbocycles. The lowest BCUT2D eigenvalue weighted by Gasteiger charge is -2.13. The molecule has 0 N–H and O–H groups in total. The van der Waals surface area contributed by atoms with Crippen molar-refractivity contribution >= 4 is 21.8 Å². The van der Waals surface area contributed by atoms with Gasteiger partial charge in [-0.25, -0.2) is 4.98 Å². The van der Waals surface area contributed by atoms with Gasteiger partial charge in [0.25, 0.3) is 0 Å². The molecule has 0 aliphatic heterocycles. The van der Waals surface area contributed by atoms with Gasteiger partial charge in [-0.3, -0.25) is 4.57 Å². The highest BCUT2D eigenvalue weighted by atomic mass is 15.2. The third-order valence-corrected chi connectivity index (χ3v) is 7.30. The van der Waals surface area contributed by atoms with Crippen LogP contribution in [-0.2, 0) is 0 Å². The Morgan fingerprint density at radius 3 is 1.88 bits per heavy atom. The summed E-state index contributed by atoms with van der Waals surface area (Å²) >= 11 is 0. The van der Waals surface area contributed by atoms with Gasteiger partial charge in [-0.15, -0.1) is 0 Å². The minimum atomic E-state index is -0.515. The van der Waals surface area contributed by atoms with Gasteiger partial charge in [0.05, 0.1) is 23.4 Å². The van der Waals surface area contributed by atoms with Crippen LogP contribution in [0.3, 0.4) is 0 Å². The number of fused-ring (bicyclic) bond motifs is 3. The first-order valence-electron chi connectivity index (χ1n) is 18.1. The average molecular weight is 560 g/mol. The average Bonchev–Trinajstić information content (AvgIpc) is 3.53. The Kier molecular flexibility index (Phi) is 4.20. The number of rotatable bonds is 5. The maximum Gasteiger partial charge on any atom is 0.238 e. The second-order valence-electron chi connectivity index (χ2n) is 9.85. The molecule has 43 heavy (non-hydrogen) atoms. The summed E-state index contributed by atoms with van der Waals surface area (Å²) in [5, 5.41) is 0.530. The summed E-state index contributed by atoms with van der Waals surface area (Å²) in [4.78, 5) is 14.8. The molecule has 0 spiro atoms. The van der Waals surface area contributed by atoms with Crippen LogP contribution in [0.25, 0.3) is 72.8 Å². The monoisotopic (exact) mass is 559 g/mol. The first-order chi connectivity index (χ1) is 25.1. The van der Waals surface area contributed by atoms with E-state index in [1.807, 2.05) is 84.9 Å². The van der Waals surface area contributed by atoms with Crippen molar-refractivity contribution in [2.45, 2.75) is 0 Å². The Balaban J connectivity index is 1.48. The van der Waals surface area contributed by atoms with Gasteiger partial charge in [-0.1, -0.05) is 139 Å². The molecule has 0 bridgehead atoms. The number of para-hydroxylation sites is 1. The third-order valence-electron chi connectivity index (χ3n) is 7.30. The van der Waals surface area contributed by atoms with Crippen molar-refractivity contribution in [1.82, 2.24) is 19.5 Å². The van der Waals surface area contributed by atoms with Crippen LogP contribution in [0, 0.1) is 0 Å². The number of benzene rings is 6.